The summed E-state index contributed by atoms with van der Waals surface area (Å²) >= 11 is 19.2. The van der Waals surface area contributed by atoms with Gasteiger partial charge in [0.05, 0.1) is 17.7 Å². The molecule has 1 saturated carbocycles. The average Bonchev–Trinajstić information content (AvgIpc) is 3.50. The van der Waals surface area contributed by atoms with E-state index in [-0.39, 0.29) is 35.5 Å². The van der Waals surface area contributed by atoms with Gasteiger partial charge in [-0.25, -0.2) is 8.42 Å². The van der Waals surface area contributed by atoms with Gasteiger partial charge in [-0.05, 0) is 73.9 Å². The van der Waals surface area contributed by atoms with Gasteiger partial charge < -0.3 is 15.0 Å². The number of methoxy groups -OCH3 is 1. The first-order chi connectivity index (χ1) is 20.5. The van der Waals surface area contributed by atoms with E-state index in [1.165, 1.54) is 42.3 Å². The minimum absolute atomic E-state index is 0.0285. The number of hydrogen-bond acceptors (Lipinski definition) is 5. The molecule has 0 heterocycles. The van der Waals surface area contributed by atoms with Crippen molar-refractivity contribution in [3.05, 3.63) is 87.4 Å². The topological polar surface area (TPSA) is 96.0 Å². The molecule has 2 amide bonds. The number of rotatable bonds is 12. The molecule has 1 fully saturated rings. The number of sulfonamides is 1. The van der Waals surface area contributed by atoms with Crippen LogP contribution in [-0.2, 0) is 26.2 Å². The van der Waals surface area contributed by atoms with E-state index in [4.69, 9.17) is 39.5 Å². The zero-order valence-corrected chi connectivity index (χ0v) is 27.0. The summed E-state index contributed by atoms with van der Waals surface area (Å²) in [4.78, 5) is 29.2. The van der Waals surface area contributed by atoms with Gasteiger partial charge in [0.1, 0.15) is 18.3 Å². The maximum Gasteiger partial charge on any atom is 0.264 e. The SMILES string of the molecule is CC[C@H](C(=O)NC1CCCC1)N(Cc1c(Cl)cccc1Cl)C(=O)CN(c1cccc(Cl)c1)S(=O)(=O)c1ccc(OC)cc1. The van der Waals surface area contributed by atoms with Crippen LogP contribution in [0.25, 0.3) is 0 Å². The summed E-state index contributed by atoms with van der Waals surface area (Å²) in [6.45, 7) is 1.10. The van der Waals surface area contributed by atoms with Crippen LogP contribution in [-0.4, -0.2) is 50.9 Å². The highest BCUT2D eigenvalue weighted by Crippen LogP contribution is 2.30. The van der Waals surface area contributed by atoms with E-state index in [1.54, 1.807) is 43.3 Å². The lowest BCUT2D eigenvalue weighted by molar-refractivity contribution is -0.140. The van der Waals surface area contributed by atoms with Gasteiger partial charge in [-0.3, -0.25) is 13.9 Å². The normalized spacial score (nSPS) is 14.3. The maximum absolute atomic E-state index is 14.3. The second kappa shape index (κ2) is 14.7. The summed E-state index contributed by atoms with van der Waals surface area (Å²) in [7, 11) is -2.79. The first-order valence-corrected chi connectivity index (χ1v) is 16.6. The fourth-order valence-corrected chi connectivity index (χ4v) is 7.28. The highest BCUT2D eigenvalue weighted by atomic mass is 35.5. The van der Waals surface area contributed by atoms with Crippen LogP contribution in [0.2, 0.25) is 15.1 Å². The molecule has 1 N–H and O–H groups in total. The number of nitrogens with one attached hydrogen (secondary N) is 1. The summed E-state index contributed by atoms with van der Waals surface area (Å²) in [5.41, 5.74) is 0.648. The first kappa shape index (κ1) is 32.9. The molecule has 8 nitrogen and oxygen atoms in total. The molecule has 1 aliphatic carbocycles. The van der Waals surface area contributed by atoms with Crippen LogP contribution in [0, 0.1) is 0 Å². The largest absolute Gasteiger partial charge is 0.497 e. The summed E-state index contributed by atoms with van der Waals surface area (Å²) in [6, 6.07) is 16.2. The maximum atomic E-state index is 14.3. The number of benzene rings is 3. The van der Waals surface area contributed by atoms with E-state index in [0.717, 1.165) is 30.0 Å². The van der Waals surface area contributed by atoms with E-state index in [1.807, 2.05) is 0 Å². The summed E-state index contributed by atoms with van der Waals surface area (Å²) < 4.78 is 34.2. The molecule has 4 rings (SSSR count). The fourth-order valence-electron chi connectivity index (χ4n) is 5.18. The van der Waals surface area contributed by atoms with Gasteiger partial charge in [-0.2, -0.15) is 0 Å². The molecule has 0 aromatic heterocycles. The lowest BCUT2D eigenvalue weighted by Gasteiger charge is -2.34. The number of anilines is 1. The van der Waals surface area contributed by atoms with Crippen LogP contribution in [0.4, 0.5) is 5.69 Å². The Morgan fingerprint density at radius 2 is 1.60 bits per heavy atom. The van der Waals surface area contributed by atoms with Gasteiger partial charge in [0.15, 0.2) is 0 Å². The second-order valence-electron chi connectivity index (χ2n) is 10.3. The first-order valence-electron chi connectivity index (χ1n) is 14.0. The molecule has 0 unspecified atom stereocenters. The molecule has 1 aliphatic rings. The zero-order chi connectivity index (χ0) is 31.1. The monoisotopic (exact) mass is 665 g/mol. The van der Waals surface area contributed by atoms with E-state index in [2.05, 4.69) is 5.32 Å². The fraction of sp³-hybridized carbons (Fsp3) is 0.355. The third-order valence-electron chi connectivity index (χ3n) is 7.50. The minimum Gasteiger partial charge on any atom is -0.497 e. The lowest BCUT2D eigenvalue weighted by Crippen LogP contribution is -2.53. The average molecular weight is 667 g/mol. The standard InChI is InChI=1S/C31H34Cl3N3O5S/c1-3-29(31(39)35-22-9-4-5-10-22)36(19-26-27(33)12-7-13-28(26)34)30(38)20-37(23-11-6-8-21(32)18-23)43(40,41)25-16-14-24(42-2)15-17-25/h6-8,11-18,22,29H,3-5,9-10,19-20H2,1-2H3,(H,35,39)/t29-/m1/s1. The van der Waals surface area contributed by atoms with Gasteiger partial charge in [0.25, 0.3) is 10.0 Å². The molecule has 230 valence electrons. The van der Waals surface area contributed by atoms with Gasteiger partial charge in [0, 0.05) is 33.2 Å². The Bertz CT molecular complexity index is 1530. The third kappa shape index (κ3) is 7.95. The van der Waals surface area contributed by atoms with Crippen LogP contribution in [0.15, 0.2) is 71.6 Å². The summed E-state index contributed by atoms with van der Waals surface area (Å²) in [6.07, 6.45) is 4.08. The van der Waals surface area contributed by atoms with Gasteiger partial charge >= 0.3 is 0 Å². The quantitative estimate of drug-likeness (QED) is 0.232. The minimum atomic E-state index is -4.27. The molecule has 0 aliphatic heterocycles. The Kier molecular flexibility index (Phi) is 11.2. The van der Waals surface area contributed by atoms with Crippen LogP contribution in [0.1, 0.15) is 44.6 Å². The summed E-state index contributed by atoms with van der Waals surface area (Å²) in [5, 5.41) is 4.03. The second-order valence-corrected chi connectivity index (χ2v) is 13.4. The highest BCUT2D eigenvalue weighted by Gasteiger charge is 2.35. The van der Waals surface area contributed by atoms with E-state index < -0.39 is 28.5 Å². The molecule has 3 aromatic carbocycles. The van der Waals surface area contributed by atoms with Gasteiger partial charge in [-0.1, -0.05) is 66.7 Å². The predicted molar refractivity (Wildman–Crippen MR) is 170 cm³/mol. The van der Waals surface area contributed by atoms with Gasteiger partial charge in [-0.15, -0.1) is 0 Å². The number of amides is 2. The molecular weight excluding hydrogens is 633 g/mol. The van der Waals surface area contributed by atoms with Crippen LogP contribution >= 0.6 is 34.8 Å². The number of nitrogens with zero attached hydrogens (tertiary/aromatic N) is 2. The van der Waals surface area contributed by atoms with Crippen molar-refractivity contribution in [3.8, 4) is 5.75 Å². The predicted octanol–water partition coefficient (Wildman–Crippen LogP) is 6.72. The molecule has 1 atom stereocenters. The lowest BCUT2D eigenvalue weighted by atomic mass is 10.1. The Labute approximate surface area is 267 Å². The molecular formula is C31H34Cl3N3O5S. The van der Waals surface area contributed by atoms with Crippen molar-refractivity contribution in [2.45, 2.75) is 62.6 Å². The smallest absolute Gasteiger partial charge is 0.264 e. The van der Waals surface area contributed by atoms with Gasteiger partial charge in [0.2, 0.25) is 11.8 Å². The molecule has 0 spiro atoms. The van der Waals surface area contributed by atoms with E-state index >= 15 is 0 Å². The molecule has 0 saturated heterocycles. The van der Waals surface area contributed by atoms with Crippen molar-refractivity contribution in [1.82, 2.24) is 10.2 Å². The molecule has 12 heteroatoms. The number of ether oxygens (including phenoxy) is 1. The van der Waals surface area contributed by atoms with Crippen molar-refractivity contribution in [1.29, 1.82) is 0 Å². The Balaban J connectivity index is 1.75. The van der Waals surface area contributed by atoms with E-state index in [0.29, 0.717) is 26.4 Å². The van der Waals surface area contributed by atoms with Crippen LogP contribution in [0.3, 0.4) is 0 Å². The molecule has 3 aromatic rings. The van der Waals surface area contributed by atoms with Crippen molar-refractivity contribution < 1.29 is 22.7 Å². The Morgan fingerprint density at radius 1 is 0.977 bits per heavy atom. The van der Waals surface area contributed by atoms with Crippen molar-refractivity contribution >= 4 is 62.3 Å². The van der Waals surface area contributed by atoms with Crippen LogP contribution < -0.4 is 14.4 Å². The number of carbonyl (C=O) groups is 2. The van der Waals surface area contributed by atoms with Crippen molar-refractivity contribution in [2.75, 3.05) is 18.0 Å². The van der Waals surface area contributed by atoms with Crippen molar-refractivity contribution in [3.63, 3.8) is 0 Å². The van der Waals surface area contributed by atoms with Crippen molar-refractivity contribution in [2.24, 2.45) is 0 Å². The molecule has 43 heavy (non-hydrogen) atoms. The molecule has 0 bridgehead atoms. The zero-order valence-electron chi connectivity index (χ0n) is 23.9. The number of halogens is 3. The third-order valence-corrected chi connectivity index (χ3v) is 10.2. The highest BCUT2D eigenvalue weighted by molar-refractivity contribution is 7.92. The molecule has 0 radical (unpaired) electrons. The Morgan fingerprint density at radius 3 is 2.19 bits per heavy atom. The van der Waals surface area contributed by atoms with E-state index in [9.17, 15) is 18.0 Å². The Hall–Kier alpha value is -2.98. The van der Waals surface area contributed by atoms with Crippen LogP contribution in [0.5, 0.6) is 5.75 Å². The summed E-state index contributed by atoms with van der Waals surface area (Å²) in [5.74, 6) is -0.439. The number of carbonyl (C=O) groups excluding carboxylic acids is 2. The number of hydrogen-bond donors (Lipinski definition) is 1.